The van der Waals surface area contributed by atoms with E-state index in [2.05, 4.69) is 10.3 Å². The molecule has 3 aromatic rings. The first-order chi connectivity index (χ1) is 9.17. The van der Waals surface area contributed by atoms with Crippen LogP contribution in [0.15, 0.2) is 44.0 Å². The molecule has 0 radical (unpaired) electrons. The van der Waals surface area contributed by atoms with E-state index in [4.69, 9.17) is 20.4 Å². The second kappa shape index (κ2) is 4.60. The number of hydrogen-bond donors (Lipinski definition) is 2. The van der Waals surface area contributed by atoms with Crippen LogP contribution in [0.25, 0.3) is 11.1 Å². The highest BCUT2D eigenvalue weighted by Crippen LogP contribution is 2.27. The largest absolute Gasteiger partial charge is 0.448 e. The molecule has 0 spiro atoms. The fraction of sp³-hybridized carbons (Fsp3) is 0.154. The Balaban J connectivity index is 2.07. The number of rotatable bonds is 3. The molecule has 19 heavy (non-hydrogen) atoms. The monoisotopic (exact) mass is 278 g/mol. The summed E-state index contributed by atoms with van der Waals surface area (Å²) in [7, 11) is 1.82. The van der Waals surface area contributed by atoms with Crippen LogP contribution in [0.2, 0.25) is 5.22 Å². The maximum atomic E-state index is 11.1. The summed E-state index contributed by atoms with van der Waals surface area (Å²) in [6.45, 7) is 0. The van der Waals surface area contributed by atoms with Crippen molar-refractivity contribution in [3.8, 4) is 0 Å². The van der Waals surface area contributed by atoms with E-state index in [1.54, 1.807) is 24.3 Å². The minimum atomic E-state index is -0.464. The van der Waals surface area contributed by atoms with Crippen LogP contribution in [0.4, 0.5) is 0 Å². The Bertz CT molecular complexity index is 771. The quantitative estimate of drug-likeness (QED) is 0.773. The molecule has 0 fully saturated rings. The van der Waals surface area contributed by atoms with Crippen molar-refractivity contribution in [3.05, 3.63) is 57.4 Å². The van der Waals surface area contributed by atoms with Gasteiger partial charge in [0.05, 0.1) is 11.6 Å². The van der Waals surface area contributed by atoms with Crippen molar-refractivity contribution in [2.75, 3.05) is 7.05 Å². The van der Waals surface area contributed by atoms with E-state index in [-0.39, 0.29) is 6.04 Å². The topological polar surface area (TPSA) is 71.2 Å². The Hall–Kier alpha value is -1.98. The highest BCUT2D eigenvalue weighted by Gasteiger charge is 2.17. The molecule has 2 heterocycles. The summed E-state index contributed by atoms with van der Waals surface area (Å²) >= 11 is 5.79. The molecule has 2 N–H and O–H groups in total. The summed E-state index contributed by atoms with van der Waals surface area (Å²) in [4.78, 5) is 13.7. The summed E-state index contributed by atoms with van der Waals surface area (Å²) in [5.41, 5.74) is 2.10. The summed E-state index contributed by atoms with van der Waals surface area (Å²) in [5.74, 6) is 0.235. The predicted molar refractivity (Wildman–Crippen MR) is 71.5 cm³/mol. The highest BCUT2D eigenvalue weighted by molar-refractivity contribution is 6.28. The minimum Gasteiger partial charge on any atom is -0.448 e. The van der Waals surface area contributed by atoms with Gasteiger partial charge in [-0.15, -0.1) is 0 Å². The van der Waals surface area contributed by atoms with Crippen LogP contribution in [0.5, 0.6) is 0 Å². The standard InChI is InChI=1S/C13H11ClN2O3/c1-15-12(9-4-5-11(14)18-9)7-2-3-8-10(6-7)19-13(17)16-8/h2-6,12,15H,1H3,(H,16,17). The molecule has 0 aliphatic carbocycles. The van der Waals surface area contributed by atoms with Gasteiger partial charge >= 0.3 is 5.76 Å². The Morgan fingerprint density at radius 1 is 1.26 bits per heavy atom. The highest BCUT2D eigenvalue weighted by atomic mass is 35.5. The van der Waals surface area contributed by atoms with Crippen LogP contribution in [0.1, 0.15) is 17.4 Å². The van der Waals surface area contributed by atoms with Crippen molar-refractivity contribution in [2.24, 2.45) is 0 Å². The van der Waals surface area contributed by atoms with Crippen LogP contribution in [0, 0.1) is 0 Å². The van der Waals surface area contributed by atoms with Gasteiger partial charge in [0.25, 0.3) is 0 Å². The molecule has 1 aromatic carbocycles. The lowest BCUT2D eigenvalue weighted by Gasteiger charge is -2.13. The zero-order valence-corrected chi connectivity index (χ0v) is 10.8. The van der Waals surface area contributed by atoms with E-state index in [1.165, 1.54) is 0 Å². The number of benzene rings is 1. The normalized spacial score (nSPS) is 12.9. The Morgan fingerprint density at radius 2 is 2.11 bits per heavy atom. The Labute approximate surface area is 113 Å². The summed E-state index contributed by atoms with van der Waals surface area (Å²) in [6, 6.07) is 8.83. The predicted octanol–water partition coefficient (Wildman–Crippen LogP) is 2.68. The van der Waals surface area contributed by atoms with Crippen molar-refractivity contribution in [1.29, 1.82) is 0 Å². The van der Waals surface area contributed by atoms with Gasteiger partial charge < -0.3 is 14.2 Å². The molecule has 2 aromatic heterocycles. The third-order valence-electron chi connectivity index (χ3n) is 2.95. The molecular weight excluding hydrogens is 268 g/mol. The lowest BCUT2D eigenvalue weighted by molar-refractivity contribution is 0.464. The number of hydrogen-bond acceptors (Lipinski definition) is 4. The third-order valence-corrected chi connectivity index (χ3v) is 3.15. The number of aromatic nitrogens is 1. The van der Waals surface area contributed by atoms with E-state index < -0.39 is 5.76 Å². The smallest absolute Gasteiger partial charge is 0.417 e. The van der Waals surface area contributed by atoms with Gasteiger partial charge in [0.1, 0.15) is 5.76 Å². The maximum Gasteiger partial charge on any atom is 0.417 e. The number of furan rings is 1. The van der Waals surface area contributed by atoms with Gasteiger partial charge in [-0.25, -0.2) is 4.79 Å². The molecular formula is C13H11ClN2O3. The van der Waals surface area contributed by atoms with Crippen molar-refractivity contribution in [1.82, 2.24) is 10.3 Å². The molecule has 0 aliphatic heterocycles. The number of halogens is 1. The van der Waals surface area contributed by atoms with E-state index in [0.717, 1.165) is 5.56 Å². The van der Waals surface area contributed by atoms with Crippen LogP contribution in [-0.2, 0) is 0 Å². The summed E-state index contributed by atoms with van der Waals surface area (Å²) < 4.78 is 10.5. The zero-order chi connectivity index (χ0) is 13.4. The molecule has 1 unspecified atom stereocenters. The van der Waals surface area contributed by atoms with Gasteiger partial charge in [-0.2, -0.15) is 0 Å². The first-order valence-electron chi connectivity index (χ1n) is 5.72. The number of aromatic amines is 1. The van der Waals surface area contributed by atoms with Crippen LogP contribution in [0.3, 0.4) is 0 Å². The fourth-order valence-corrected chi connectivity index (χ4v) is 2.25. The molecule has 3 rings (SSSR count). The van der Waals surface area contributed by atoms with Crippen molar-refractivity contribution in [2.45, 2.75) is 6.04 Å². The second-order valence-electron chi connectivity index (χ2n) is 4.13. The lowest BCUT2D eigenvalue weighted by atomic mass is 10.0. The van der Waals surface area contributed by atoms with E-state index in [0.29, 0.717) is 22.1 Å². The molecule has 0 saturated heterocycles. The second-order valence-corrected chi connectivity index (χ2v) is 4.51. The summed E-state index contributed by atoms with van der Waals surface area (Å²) in [6.07, 6.45) is 0. The van der Waals surface area contributed by atoms with Crippen LogP contribution in [-0.4, -0.2) is 12.0 Å². The molecule has 1 atom stereocenters. The van der Waals surface area contributed by atoms with Gasteiger partial charge in [0.15, 0.2) is 10.8 Å². The molecule has 98 valence electrons. The third kappa shape index (κ3) is 2.18. The van der Waals surface area contributed by atoms with E-state index in [9.17, 15) is 4.79 Å². The minimum absolute atomic E-state index is 0.155. The first kappa shape index (κ1) is 12.1. The Morgan fingerprint density at radius 3 is 2.79 bits per heavy atom. The number of H-pyrrole nitrogens is 1. The van der Waals surface area contributed by atoms with Gasteiger partial charge in [-0.1, -0.05) is 6.07 Å². The van der Waals surface area contributed by atoms with Gasteiger partial charge in [0, 0.05) is 0 Å². The van der Waals surface area contributed by atoms with Gasteiger partial charge in [-0.3, -0.25) is 4.98 Å². The number of nitrogens with one attached hydrogen (secondary N) is 2. The van der Waals surface area contributed by atoms with Crippen molar-refractivity contribution < 1.29 is 8.83 Å². The van der Waals surface area contributed by atoms with Crippen molar-refractivity contribution in [3.63, 3.8) is 0 Å². The first-order valence-corrected chi connectivity index (χ1v) is 6.10. The molecule has 0 saturated carbocycles. The zero-order valence-electron chi connectivity index (χ0n) is 10.1. The Kier molecular flexibility index (Phi) is 2.93. The van der Waals surface area contributed by atoms with Gasteiger partial charge in [0.2, 0.25) is 0 Å². The average Bonchev–Trinajstić information content (AvgIpc) is 2.95. The number of fused-ring (bicyclic) bond motifs is 1. The SMILES string of the molecule is CNC(c1ccc2[nH]c(=O)oc2c1)c1ccc(Cl)o1. The molecule has 0 aliphatic rings. The average molecular weight is 279 g/mol. The molecule has 6 heteroatoms. The van der Waals surface area contributed by atoms with Crippen LogP contribution < -0.4 is 11.1 Å². The molecule has 0 amide bonds. The number of oxazole rings is 1. The fourth-order valence-electron chi connectivity index (χ4n) is 2.10. The van der Waals surface area contributed by atoms with Crippen LogP contribution >= 0.6 is 11.6 Å². The summed E-state index contributed by atoms with van der Waals surface area (Å²) in [5, 5.41) is 3.47. The van der Waals surface area contributed by atoms with E-state index in [1.807, 2.05) is 13.1 Å². The molecule has 5 nitrogen and oxygen atoms in total. The van der Waals surface area contributed by atoms with Gasteiger partial charge in [-0.05, 0) is 48.5 Å². The molecule has 0 bridgehead atoms. The van der Waals surface area contributed by atoms with E-state index >= 15 is 0 Å². The lowest BCUT2D eigenvalue weighted by Crippen LogP contribution is -2.16. The van der Waals surface area contributed by atoms with Crippen molar-refractivity contribution >= 4 is 22.7 Å². The maximum absolute atomic E-state index is 11.1.